The lowest BCUT2D eigenvalue weighted by Gasteiger charge is -2.10. The molecule has 0 aliphatic carbocycles. The molecule has 0 atom stereocenters. The van der Waals surface area contributed by atoms with E-state index in [9.17, 15) is 13.2 Å². The third-order valence-corrected chi connectivity index (χ3v) is 3.26. The maximum atomic E-state index is 12.6. The van der Waals surface area contributed by atoms with E-state index >= 15 is 0 Å². The van der Waals surface area contributed by atoms with Gasteiger partial charge in [-0.15, -0.1) is 0 Å². The molecule has 0 fully saturated rings. The van der Waals surface area contributed by atoms with Gasteiger partial charge in [0.2, 0.25) is 0 Å². The molecule has 0 saturated heterocycles. The number of rotatable bonds is 2. The first-order valence-electron chi connectivity index (χ1n) is 6.62. The highest BCUT2D eigenvalue weighted by Crippen LogP contribution is 2.33. The number of nitrogens with zero attached hydrogens (tertiary/aromatic N) is 2. The molecule has 0 amide bonds. The molecule has 0 spiro atoms. The van der Waals surface area contributed by atoms with Crippen LogP contribution in [0, 0.1) is 11.3 Å². The summed E-state index contributed by atoms with van der Waals surface area (Å²) in [4.78, 5) is 4.19. The Labute approximate surface area is 129 Å². The van der Waals surface area contributed by atoms with Crippen LogP contribution in [0.2, 0.25) is 0 Å². The monoisotopic (exact) mass is 314 g/mol. The molecule has 0 aliphatic heterocycles. The molecule has 0 saturated carbocycles. The normalized spacial score (nSPS) is 11.2. The van der Waals surface area contributed by atoms with Gasteiger partial charge in [0.15, 0.2) is 5.75 Å². The zero-order valence-corrected chi connectivity index (χ0v) is 11.6. The lowest BCUT2D eigenvalue weighted by atomic mass is 10.1. The molecule has 6 heteroatoms. The second-order valence-corrected chi connectivity index (χ2v) is 4.75. The highest BCUT2D eigenvalue weighted by Gasteiger charge is 2.30. The van der Waals surface area contributed by atoms with Crippen molar-refractivity contribution in [1.82, 2.24) is 4.98 Å². The molecule has 2 aromatic carbocycles. The fourth-order valence-corrected chi connectivity index (χ4v) is 2.17. The summed E-state index contributed by atoms with van der Waals surface area (Å²) in [6, 6.07) is 13.1. The van der Waals surface area contributed by atoms with Crippen molar-refractivity contribution < 1.29 is 17.9 Å². The predicted molar refractivity (Wildman–Crippen MR) is 78.0 cm³/mol. The average Bonchev–Trinajstić information content (AvgIpc) is 2.55. The number of aromatic nitrogens is 1. The minimum Gasteiger partial charge on any atom is -0.455 e. The van der Waals surface area contributed by atoms with E-state index in [0.717, 1.165) is 12.1 Å². The Kier molecular flexibility index (Phi) is 3.62. The van der Waals surface area contributed by atoms with Crippen molar-refractivity contribution in [3.05, 3.63) is 65.9 Å². The Bertz CT molecular complexity index is 896. The minimum atomic E-state index is -4.39. The number of halogens is 3. The number of benzene rings is 2. The van der Waals surface area contributed by atoms with Crippen LogP contribution in [0.5, 0.6) is 11.5 Å². The molecule has 0 unspecified atom stereocenters. The van der Waals surface area contributed by atoms with E-state index in [4.69, 9.17) is 10.00 Å². The molecule has 3 nitrogen and oxygen atoms in total. The fraction of sp³-hybridized carbons (Fsp3) is 0.0588. The summed E-state index contributed by atoms with van der Waals surface area (Å²) in [5.74, 6) is 0.633. The number of ether oxygens (including phenoxy) is 1. The minimum absolute atomic E-state index is 0.259. The zero-order valence-electron chi connectivity index (χ0n) is 11.6. The molecule has 0 bridgehead atoms. The smallest absolute Gasteiger partial charge is 0.416 e. The van der Waals surface area contributed by atoms with E-state index in [1.165, 1.54) is 12.1 Å². The third-order valence-electron chi connectivity index (χ3n) is 3.26. The molecular formula is C17H9F3N2O. The number of hydrogen-bond donors (Lipinski definition) is 0. The van der Waals surface area contributed by atoms with Gasteiger partial charge >= 0.3 is 6.18 Å². The number of nitriles is 1. The molecule has 23 heavy (non-hydrogen) atoms. The highest BCUT2D eigenvalue weighted by molar-refractivity contribution is 5.89. The van der Waals surface area contributed by atoms with Crippen LogP contribution in [-0.2, 0) is 6.18 Å². The SMILES string of the molecule is N#Cc1ccc(Oc2ccc(C(F)(F)F)cc2)c2ncccc12. The largest absolute Gasteiger partial charge is 0.455 e. The van der Waals surface area contributed by atoms with Crippen molar-refractivity contribution in [1.29, 1.82) is 5.26 Å². The first-order chi connectivity index (χ1) is 11.0. The molecule has 1 heterocycles. The third kappa shape index (κ3) is 2.94. The van der Waals surface area contributed by atoms with Gasteiger partial charge in [-0.1, -0.05) is 0 Å². The number of pyridine rings is 1. The summed E-state index contributed by atoms with van der Waals surface area (Å²) < 4.78 is 43.3. The summed E-state index contributed by atoms with van der Waals surface area (Å²) in [7, 11) is 0. The summed E-state index contributed by atoms with van der Waals surface area (Å²) in [6.07, 6.45) is -2.83. The molecular weight excluding hydrogens is 305 g/mol. The van der Waals surface area contributed by atoms with Crippen molar-refractivity contribution in [3.63, 3.8) is 0 Å². The van der Waals surface area contributed by atoms with Crippen LogP contribution in [0.25, 0.3) is 10.9 Å². The van der Waals surface area contributed by atoms with Crippen LogP contribution in [0.3, 0.4) is 0 Å². The molecule has 114 valence electrons. The standard InChI is InChI=1S/C17H9F3N2O/c18-17(19,20)12-4-6-13(7-5-12)23-15-8-3-11(10-21)14-2-1-9-22-16(14)15/h1-9H. The molecule has 1 aromatic heterocycles. The zero-order chi connectivity index (χ0) is 16.4. The van der Waals surface area contributed by atoms with Gasteiger partial charge < -0.3 is 4.74 Å². The Morgan fingerprint density at radius 2 is 1.74 bits per heavy atom. The molecule has 0 aliphatic rings. The first kappa shape index (κ1) is 14.9. The van der Waals surface area contributed by atoms with E-state index in [0.29, 0.717) is 22.2 Å². The number of alkyl halides is 3. The van der Waals surface area contributed by atoms with Crippen molar-refractivity contribution >= 4 is 10.9 Å². The first-order valence-corrected chi connectivity index (χ1v) is 6.62. The lowest BCUT2D eigenvalue weighted by Crippen LogP contribution is -2.04. The van der Waals surface area contributed by atoms with E-state index in [2.05, 4.69) is 11.1 Å². The van der Waals surface area contributed by atoms with E-state index in [-0.39, 0.29) is 5.75 Å². The van der Waals surface area contributed by atoms with Crippen molar-refractivity contribution in [2.75, 3.05) is 0 Å². The average molecular weight is 314 g/mol. The van der Waals surface area contributed by atoms with Crippen molar-refractivity contribution in [2.45, 2.75) is 6.18 Å². The molecule has 3 aromatic rings. The summed E-state index contributed by atoms with van der Waals surface area (Å²) >= 11 is 0. The predicted octanol–water partition coefficient (Wildman–Crippen LogP) is 4.92. The van der Waals surface area contributed by atoms with Crippen LogP contribution in [0.15, 0.2) is 54.7 Å². The fourth-order valence-electron chi connectivity index (χ4n) is 2.17. The Hall–Kier alpha value is -3.07. The van der Waals surface area contributed by atoms with Crippen molar-refractivity contribution in [3.8, 4) is 17.6 Å². The van der Waals surface area contributed by atoms with E-state index < -0.39 is 11.7 Å². The van der Waals surface area contributed by atoms with Gasteiger partial charge in [-0.25, -0.2) is 0 Å². The van der Waals surface area contributed by atoms with Gasteiger partial charge in [-0.05, 0) is 48.5 Å². The van der Waals surface area contributed by atoms with Gasteiger partial charge in [0.1, 0.15) is 11.3 Å². The van der Waals surface area contributed by atoms with Gasteiger partial charge in [-0.2, -0.15) is 18.4 Å². The van der Waals surface area contributed by atoms with Gasteiger partial charge in [0.05, 0.1) is 17.2 Å². The lowest BCUT2D eigenvalue weighted by molar-refractivity contribution is -0.137. The van der Waals surface area contributed by atoms with Crippen LogP contribution < -0.4 is 4.74 Å². The number of fused-ring (bicyclic) bond motifs is 1. The maximum Gasteiger partial charge on any atom is 0.416 e. The quantitative estimate of drug-likeness (QED) is 0.674. The highest BCUT2D eigenvalue weighted by atomic mass is 19.4. The van der Waals surface area contributed by atoms with Crippen molar-refractivity contribution in [2.24, 2.45) is 0 Å². The topological polar surface area (TPSA) is 45.9 Å². The summed E-state index contributed by atoms with van der Waals surface area (Å²) in [5, 5.41) is 9.72. The van der Waals surface area contributed by atoms with Crippen LogP contribution in [-0.4, -0.2) is 4.98 Å². The van der Waals surface area contributed by atoms with E-state index in [1.807, 2.05) is 0 Å². The molecule has 0 radical (unpaired) electrons. The summed E-state index contributed by atoms with van der Waals surface area (Å²) in [6.45, 7) is 0. The van der Waals surface area contributed by atoms with Crippen LogP contribution in [0.1, 0.15) is 11.1 Å². The Morgan fingerprint density at radius 1 is 1.00 bits per heavy atom. The second-order valence-electron chi connectivity index (χ2n) is 4.75. The Morgan fingerprint density at radius 3 is 2.39 bits per heavy atom. The number of hydrogen-bond acceptors (Lipinski definition) is 3. The molecule has 0 N–H and O–H groups in total. The second kappa shape index (κ2) is 5.61. The van der Waals surface area contributed by atoms with Crippen LogP contribution >= 0.6 is 0 Å². The van der Waals surface area contributed by atoms with Crippen LogP contribution in [0.4, 0.5) is 13.2 Å². The van der Waals surface area contributed by atoms with Gasteiger partial charge in [-0.3, -0.25) is 4.98 Å². The summed E-state index contributed by atoms with van der Waals surface area (Å²) in [5.41, 5.74) is 0.187. The maximum absolute atomic E-state index is 12.6. The Balaban J connectivity index is 1.98. The van der Waals surface area contributed by atoms with Gasteiger partial charge in [0.25, 0.3) is 0 Å². The van der Waals surface area contributed by atoms with Gasteiger partial charge in [0, 0.05) is 11.6 Å². The van der Waals surface area contributed by atoms with E-state index in [1.54, 1.807) is 30.5 Å². The molecule has 3 rings (SSSR count).